The molecule has 1 aliphatic carbocycles. The molecule has 0 bridgehead atoms. The van der Waals surface area contributed by atoms with Crippen molar-refractivity contribution in [1.29, 1.82) is 0 Å². The van der Waals surface area contributed by atoms with E-state index >= 15 is 0 Å². The molecule has 1 N–H and O–H groups in total. The van der Waals surface area contributed by atoms with Crippen LogP contribution in [-0.2, 0) is 9.59 Å². The van der Waals surface area contributed by atoms with Gasteiger partial charge in [-0.05, 0) is 37.0 Å². The van der Waals surface area contributed by atoms with Crippen LogP contribution in [0.25, 0.3) is 0 Å². The van der Waals surface area contributed by atoms with Crippen LogP contribution in [0.5, 0.6) is 0 Å². The van der Waals surface area contributed by atoms with E-state index in [1.807, 2.05) is 13.8 Å². The van der Waals surface area contributed by atoms with Gasteiger partial charge in [0.25, 0.3) is 0 Å². The first-order valence-electron chi connectivity index (χ1n) is 7.50. The van der Waals surface area contributed by atoms with Crippen molar-refractivity contribution < 1.29 is 14.4 Å². The van der Waals surface area contributed by atoms with E-state index in [1.54, 1.807) is 0 Å². The topological polar surface area (TPSA) is 66.5 Å². The van der Waals surface area contributed by atoms with Gasteiger partial charge in [0.2, 0.25) is 11.8 Å². The molecule has 5 heteroatoms. The second-order valence-corrected chi connectivity index (χ2v) is 6.46. The number of hydrogen-bond acceptors (Lipinski definition) is 3. The first-order valence-corrected chi connectivity index (χ1v) is 7.50. The van der Waals surface area contributed by atoms with Gasteiger partial charge in [-0.25, -0.2) is 4.79 Å². The summed E-state index contributed by atoms with van der Waals surface area (Å²) in [6.45, 7) is 8.33. The second-order valence-electron chi connectivity index (χ2n) is 6.46. The number of rotatable bonds is 5. The molecule has 1 heterocycles. The number of amides is 4. The molecule has 0 aromatic heterocycles. The van der Waals surface area contributed by atoms with Gasteiger partial charge in [-0.3, -0.25) is 19.8 Å². The summed E-state index contributed by atoms with van der Waals surface area (Å²) in [5.74, 6) is -0.329. The van der Waals surface area contributed by atoms with E-state index < -0.39 is 17.4 Å². The van der Waals surface area contributed by atoms with Crippen LogP contribution >= 0.6 is 0 Å². The molecule has 5 nitrogen and oxygen atoms in total. The zero-order valence-corrected chi connectivity index (χ0v) is 12.8. The third kappa shape index (κ3) is 2.03. The Morgan fingerprint density at radius 3 is 2.10 bits per heavy atom. The fraction of sp³-hybridized carbons (Fsp3) is 0.800. The number of nitrogens with zero attached hydrogens (tertiary/aromatic N) is 1. The molecule has 1 saturated heterocycles. The summed E-state index contributed by atoms with van der Waals surface area (Å²) in [5.41, 5.74) is -1.01. The summed E-state index contributed by atoms with van der Waals surface area (Å²) in [5, 5.41) is 2.37. The van der Waals surface area contributed by atoms with Crippen LogP contribution in [-0.4, -0.2) is 29.3 Å². The molecule has 0 aromatic carbocycles. The van der Waals surface area contributed by atoms with Gasteiger partial charge in [-0.15, -0.1) is 0 Å². The Bertz CT molecular complexity index is 448. The Morgan fingerprint density at radius 1 is 1.15 bits per heavy atom. The van der Waals surface area contributed by atoms with E-state index in [1.165, 1.54) is 4.90 Å². The molecule has 4 amide bonds. The van der Waals surface area contributed by atoms with Crippen LogP contribution in [0, 0.1) is 16.7 Å². The highest BCUT2D eigenvalue weighted by molar-refractivity contribution is 6.19. The van der Waals surface area contributed by atoms with Crippen molar-refractivity contribution in [2.24, 2.45) is 16.7 Å². The van der Waals surface area contributed by atoms with Crippen molar-refractivity contribution in [2.45, 2.75) is 53.4 Å². The molecular weight excluding hydrogens is 256 g/mol. The number of urea groups is 1. The minimum Gasteiger partial charge on any atom is -0.277 e. The molecule has 0 radical (unpaired) electrons. The third-order valence-corrected chi connectivity index (χ3v) is 5.35. The van der Waals surface area contributed by atoms with Crippen LogP contribution in [0.1, 0.15) is 53.4 Å². The highest BCUT2D eigenvalue weighted by Crippen LogP contribution is 2.53. The quantitative estimate of drug-likeness (QED) is 0.786. The van der Waals surface area contributed by atoms with Crippen LogP contribution < -0.4 is 5.32 Å². The zero-order chi connectivity index (χ0) is 15.1. The van der Waals surface area contributed by atoms with Gasteiger partial charge in [-0.2, -0.15) is 0 Å². The van der Waals surface area contributed by atoms with Crippen LogP contribution in [0.4, 0.5) is 4.79 Å². The minimum absolute atomic E-state index is 0.0562. The van der Waals surface area contributed by atoms with Crippen molar-refractivity contribution >= 4 is 17.8 Å². The molecule has 0 unspecified atom stereocenters. The van der Waals surface area contributed by atoms with E-state index in [9.17, 15) is 14.4 Å². The molecule has 1 saturated carbocycles. The molecule has 0 aromatic rings. The van der Waals surface area contributed by atoms with Gasteiger partial charge in [0.05, 0.1) is 0 Å². The summed E-state index contributed by atoms with van der Waals surface area (Å²) in [6.07, 6.45) is 2.93. The Hall–Kier alpha value is -1.39. The maximum atomic E-state index is 12.7. The largest absolute Gasteiger partial charge is 0.330 e. The molecular formula is C15H24N2O3. The number of carbonyl (C=O) groups excluding carboxylic acids is 3. The number of nitrogens with one attached hydrogen (secondary N) is 1. The van der Waals surface area contributed by atoms with E-state index in [0.29, 0.717) is 25.3 Å². The average Bonchev–Trinajstić information content (AvgIpc) is 3.17. The predicted molar refractivity (Wildman–Crippen MR) is 74.8 cm³/mol. The van der Waals surface area contributed by atoms with Gasteiger partial charge in [0.1, 0.15) is 5.41 Å². The normalized spacial score (nSPS) is 24.1. The average molecular weight is 280 g/mol. The number of barbiturate groups is 1. The van der Waals surface area contributed by atoms with E-state index in [-0.39, 0.29) is 11.3 Å². The van der Waals surface area contributed by atoms with Crippen LogP contribution in [0.3, 0.4) is 0 Å². The van der Waals surface area contributed by atoms with Crippen molar-refractivity contribution in [1.82, 2.24) is 10.2 Å². The first-order chi connectivity index (χ1) is 9.33. The molecule has 20 heavy (non-hydrogen) atoms. The maximum Gasteiger partial charge on any atom is 0.330 e. The van der Waals surface area contributed by atoms with Crippen LogP contribution in [0.2, 0.25) is 0 Å². The second kappa shape index (κ2) is 4.86. The van der Waals surface area contributed by atoms with E-state index in [4.69, 9.17) is 0 Å². The molecule has 1 aliphatic heterocycles. The fourth-order valence-electron chi connectivity index (χ4n) is 3.14. The van der Waals surface area contributed by atoms with Crippen LogP contribution in [0.15, 0.2) is 0 Å². The molecule has 2 aliphatic rings. The highest BCUT2D eigenvalue weighted by atomic mass is 16.2. The molecule has 112 valence electrons. The lowest BCUT2D eigenvalue weighted by molar-refractivity contribution is -0.152. The van der Waals surface area contributed by atoms with E-state index in [0.717, 1.165) is 12.8 Å². The number of hydrogen-bond donors (Lipinski definition) is 1. The lowest BCUT2D eigenvalue weighted by Gasteiger charge is -2.40. The van der Waals surface area contributed by atoms with E-state index in [2.05, 4.69) is 19.2 Å². The highest BCUT2D eigenvalue weighted by Gasteiger charge is 2.55. The lowest BCUT2D eigenvalue weighted by Crippen LogP contribution is -2.64. The summed E-state index contributed by atoms with van der Waals surface area (Å²) >= 11 is 0. The van der Waals surface area contributed by atoms with Crippen molar-refractivity contribution in [3.63, 3.8) is 0 Å². The Labute approximate surface area is 120 Å². The van der Waals surface area contributed by atoms with Gasteiger partial charge >= 0.3 is 6.03 Å². The summed E-state index contributed by atoms with van der Waals surface area (Å²) in [7, 11) is 0. The molecule has 0 atom stereocenters. The summed E-state index contributed by atoms with van der Waals surface area (Å²) < 4.78 is 0. The standard InChI is InChI=1S/C15H24N2O3/c1-5-15(6-2)11(18)16-13(20)17(12(15)19)9-14(7-8-14)10(3)4/h10H,5-9H2,1-4H3,(H,16,18,20). The Morgan fingerprint density at radius 2 is 1.70 bits per heavy atom. The summed E-state index contributed by atoms with van der Waals surface area (Å²) in [4.78, 5) is 38.1. The van der Waals surface area contributed by atoms with Gasteiger partial charge in [0, 0.05) is 6.54 Å². The minimum atomic E-state index is -1.07. The fourth-order valence-corrected chi connectivity index (χ4v) is 3.14. The molecule has 2 fully saturated rings. The maximum absolute atomic E-state index is 12.7. The predicted octanol–water partition coefficient (Wildman–Crippen LogP) is 2.31. The monoisotopic (exact) mass is 280 g/mol. The van der Waals surface area contributed by atoms with Crippen molar-refractivity contribution in [2.75, 3.05) is 6.54 Å². The van der Waals surface area contributed by atoms with Gasteiger partial charge in [0.15, 0.2) is 0 Å². The smallest absolute Gasteiger partial charge is 0.277 e. The SMILES string of the molecule is CCC1(CC)C(=O)NC(=O)N(CC2(C(C)C)CC2)C1=O. The lowest BCUT2D eigenvalue weighted by atomic mass is 9.78. The number of carbonyl (C=O) groups is 3. The Kier molecular flexibility index (Phi) is 3.65. The zero-order valence-electron chi connectivity index (χ0n) is 12.8. The molecule has 2 rings (SSSR count). The third-order valence-electron chi connectivity index (χ3n) is 5.35. The van der Waals surface area contributed by atoms with Crippen molar-refractivity contribution in [3.05, 3.63) is 0 Å². The summed E-state index contributed by atoms with van der Waals surface area (Å²) in [6, 6.07) is -0.551. The Balaban J connectivity index is 2.27. The number of imide groups is 2. The molecule has 0 spiro atoms. The van der Waals surface area contributed by atoms with Crippen molar-refractivity contribution in [3.8, 4) is 0 Å². The first kappa shape index (κ1) is 15.0. The van der Waals surface area contributed by atoms with Gasteiger partial charge < -0.3 is 0 Å². The van der Waals surface area contributed by atoms with Gasteiger partial charge in [-0.1, -0.05) is 27.7 Å².